The number of aliphatic hydroxyl groups excluding tert-OH is 1. The summed E-state index contributed by atoms with van der Waals surface area (Å²) >= 11 is 0. The Morgan fingerprint density at radius 1 is 1.00 bits per heavy atom. The van der Waals surface area contributed by atoms with E-state index in [1.165, 1.54) is 10.1 Å². The molecule has 1 aliphatic rings. The van der Waals surface area contributed by atoms with Crippen molar-refractivity contribution in [3.05, 3.63) is 100.0 Å². The minimum atomic E-state index is -0.236. The average Bonchev–Trinajstić information content (AvgIpc) is 3.00. The molecular formula is C35H41N5O3. The van der Waals surface area contributed by atoms with E-state index in [1.807, 2.05) is 73.7 Å². The number of carbonyl (C=O) groups excluding carboxylic acids is 1. The zero-order chi connectivity index (χ0) is 30.7. The van der Waals surface area contributed by atoms with Crippen LogP contribution in [0.4, 0.5) is 22.9 Å². The van der Waals surface area contributed by atoms with Crippen LogP contribution in [-0.2, 0) is 12.5 Å². The number of rotatable bonds is 7. The molecular weight excluding hydrogens is 538 g/mol. The van der Waals surface area contributed by atoms with Gasteiger partial charge in [-0.25, -0.2) is 4.98 Å². The molecule has 1 saturated heterocycles. The van der Waals surface area contributed by atoms with Crippen LogP contribution in [0.25, 0.3) is 11.3 Å². The quantitative estimate of drug-likeness (QED) is 0.239. The van der Waals surface area contributed by atoms with Crippen molar-refractivity contribution < 1.29 is 9.90 Å². The van der Waals surface area contributed by atoms with Gasteiger partial charge in [0.25, 0.3) is 11.5 Å². The summed E-state index contributed by atoms with van der Waals surface area (Å²) in [6.45, 7) is 10.5. The lowest BCUT2D eigenvalue weighted by Crippen LogP contribution is -2.34. The van der Waals surface area contributed by atoms with Crippen LogP contribution in [0.1, 0.15) is 55.1 Å². The van der Waals surface area contributed by atoms with Crippen molar-refractivity contribution in [1.82, 2.24) is 9.55 Å². The van der Waals surface area contributed by atoms with E-state index in [9.17, 15) is 14.7 Å². The second-order valence-electron chi connectivity index (χ2n) is 12.4. The van der Waals surface area contributed by atoms with Gasteiger partial charge in [-0.2, -0.15) is 0 Å². The third-order valence-electron chi connectivity index (χ3n) is 8.31. The fraction of sp³-hybridized carbons (Fsp3) is 0.343. The molecule has 5 rings (SSSR count). The summed E-state index contributed by atoms with van der Waals surface area (Å²) in [5, 5.41) is 15.7. The van der Waals surface area contributed by atoms with Crippen molar-refractivity contribution in [2.45, 2.75) is 46.0 Å². The first-order chi connectivity index (χ1) is 20.5. The van der Waals surface area contributed by atoms with Crippen molar-refractivity contribution >= 4 is 28.8 Å². The molecule has 3 aromatic carbocycles. The largest absolute Gasteiger partial charge is 0.396 e. The number of nitrogens with one attached hydrogen (secondary N) is 2. The molecule has 1 amide bonds. The monoisotopic (exact) mass is 579 g/mol. The number of carbonyl (C=O) groups is 1. The van der Waals surface area contributed by atoms with Gasteiger partial charge in [-0.05, 0) is 84.7 Å². The van der Waals surface area contributed by atoms with Crippen LogP contribution < -0.4 is 21.1 Å². The zero-order valence-corrected chi connectivity index (χ0v) is 25.6. The van der Waals surface area contributed by atoms with Crippen LogP contribution in [0.15, 0.2) is 77.7 Å². The van der Waals surface area contributed by atoms with Crippen LogP contribution in [0.2, 0.25) is 0 Å². The van der Waals surface area contributed by atoms with Crippen molar-refractivity contribution in [3.8, 4) is 11.3 Å². The molecule has 0 radical (unpaired) electrons. The Kier molecular flexibility index (Phi) is 8.69. The first kappa shape index (κ1) is 30.0. The van der Waals surface area contributed by atoms with E-state index in [4.69, 9.17) is 4.98 Å². The summed E-state index contributed by atoms with van der Waals surface area (Å²) in [5.41, 5.74) is 6.41. The number of hydrogen-bond donors (Lipinski definition) is 3. The van der Waals surface area contributed by atoms with E-state index in [1.54, 1.807) is 13.2 Å². The molecule has 4 aromatic rings. The minimum Gasteiger partial charge on any atom is -0.396 e. The van der Waals surface area contributed by atoms with Gasteiger partial charge in [0.1, 0.15) is 0 Å². The zero-order valence-electron chi connectivity index (χ0n) is 25.6. The summed E-state index contributed by atoms with van der Waals surface area (Å²) < 4.78 is 1.52. The van der Waals surface area contributed by atoms with Gasteiger partial charge in [-0.1, -0.05) is 45.0 Å². The summed E-state index contributed by atoms with van der Waals surface area (Å²) in [6.07, 6.45) is 3.68. The van der Waals surface area contributed by atoms with Crippen molar-refractivity contribution in [3.63, 3.8) is 0 Å². The molecule has 1 aliphatic heterocycles. The van der Waals surface area contributed by atoms with Gasteiger partial charge in [-0.15, -0.1) is 0 Å². The molecule has 1 aromatic heterocycles. The lowest BCUT2D eigenvalue weighted by Gasteiger charge is -2.32. The van der Waals surface area contributed by atoms with Crippen LogP contribution in [-0.4, -0.2) is 40.3 Å². The topological polar surface area (TPSA) is 99.5 Å². The van der Waals surface area contributed by atoms with Crippen LogP contribution in [0.3, 0.4) is 0 Å². The highest BCUT2D eigenvalue weighted by Gasteiger charge is 2.19. The fourth-order valence-corrected chi connectivity index (χ4v) is 5.45. The first-order valence-corrected chi connectivity index (χ1v) is 14.9. The van der Waals surface area contributed by atoms with E-state index < -0.39 is 0 Å². The number of piperidine rings is 1. The van der Waals surface area contributed by atoms with Crippen molar-refractivity contribution in [2.24, 2.45) is 13.0 Å². The Hall–Kier alpha value is -4.43. The van der Waals surface area contributed by atoms with Gasteiger partial charge in [0.2, 0.25) is 0 Å². The summed E-state index contributed by atoms with van der Waals surface area (Å²) in [7, 11) is 1.71. The number of aromatic nitrogens is 2. The van der Waals surface area contributed by atoms with Gasteiger partial charge in [0.15, 0.2) is 5.82 Å². The minimum absolute atomic E-state index is 0.0124. The highest BCUT2D eigenvalue weighted by atomic mass is 16.3. The van der Waals surface area contributed by atoms with Crippen molar-refractivity contribution in [1.29, 1.82) is 0 Å². The Bertz CT molecular complexity index is 1650. The fourth-order valence-electron chi connectivity index (χ4n) is 5.45. The Balaban J connectivity index is 1.34. The van der Waals surface area contributed by atoms with Gasteiger partial charge < -0.3 is 25.2 Å². The van der Waals surface area contributed by atoms with Crippen molar-refractivity contribution in [2.75, 3.05) is 35.2 Å². The Morgan fingerprint density at radius 3 is 2.30 bits per heavy atom. The SMILES string of the molecule is Cc1c(NC(=O)c2ccc(C(C)(C)C)cc2)cccc1-c1cn(C)c(=O)c(Nc2ccc(N3CCC(CO)CC3)cc2)n1. The molecule has 0 atom stereocenters. The number of hydrogen-bond acceptors (Lipinski definition) is 6. The predicted octanol–water partition coefficient (Wildman–Crippen LogP) is 6.26. The molecule has 0 aliphatic carbocycles. The molecule has 0 saturated carbocycles. The number of anilines is 4. The molecule has 2 heterocycles. The summed E-state index contributed by atoms with van der Waals surface area (Å²) in [4.78, 5) is 33.1. The molecule has 1 fully saturated rings. The maximum absolute atomic E-state index is 13.1. The Labute approximate surface area is 253 Å². The molecule has 0 bridgehead atoms. The van der Waals surface area contributed by atoms with E-state index in [-0.39, 0.29) is 29.3 Å². The third kappa shape index (κ3) is 6.81. The normalized spacial score (nSPS) is 14.0. The smallest absolute Gasteiger partial charge is 0.293 e. The molecule has 8 heteroatoms. The number of aryl methyl sites for hydroxylation is 1. The molecule has 8 nitrogen and oxygen atoms in total. The van der Waals surface area contributed by atoms with Crippen LogP contribution >= 0.6 is 0 Å². The van der Waals surface area contributed by atoms with Crippen LogP contribution in [0, 0.1) is 12.8 Å². The average molecular weight is 580 g/mol. The van der Waals surface area contributed by atoms with Gasteiger partial charge in [-0.3, -0.25) is 9.59 Å². The summed E-state index contributed by atoms with van der Waals surface area (Å²) in [5.74, 6) is 0.431. The standard InChI is InChI=1S/C35H41N5O3/c1-23-29(7-6-8-30(23)38-33(42)25-9-11-26(12-10-25)35(2,3)4)31-21-39(5)34(43)32(37-31)36-27-13-15-28(16-14-27)40-19-17-24(22-41)18-20-40/h6-16,21,24,41H,17-20,22H2,1-5H3,(H,36,37)(H,38,42). The van der Waals surface area contributed by atoms with Gasteiger partial charge in [0.05, 0.1) is 5.69 Å². The maximum Gasteiger partial charge on any atom is 0.293 e. The lowest BCUT2D eigenvalue weighted by molar-refractivity contribution is 0.102. The highest BCUT2D eigenvalue weighted by molar-refractivity contribution is 6.05. The molecule has 3 N–H and O–H groups in total. The molecule has 0 spiro atoms. The van der Waals surface area contributed by atoms with Crippen LogP contribution in [0.5, 0.6) is 0 Å². The van der Waals surface area contributed by atoms with E-state index in [0.717, 1.165) is 48.4 Å². The second-order valence-corrected chi connectivity index (χ2v) is 12.4. The molecule has 224 valence electrons. The van der Waals surface area contributed by atoms with E-state index in [0.29, 0.717) is 22.9 Å². The summed E-state index contributed by atoms with van der Waals surface area (Å²) in [6, 6.07) is 21.4. The number of aliphatic hydroxyl groups is 1. The van der Waals surface area contributed by atoms with Gasteiger partial charge >= 0.3 is 0 Å². The number of benzene rings is 3. The van der Waals surface area contributed by atoms with E-state index >= 15 is 0 Å². The number of nitrogens with zero attached hydrogens (tertiary/aromatic N) is 3. The highest BCUT2D eigenvalue weighted by Crippen LogP contribution is 2.29. The third-order valence-corrected chi connectivity index (χ3v) is 8.31. The second kappa shape index (κ2) is 12.4. The van der Waals surface area contributed by atoms with E-state index in [2.05, 4.69) is 36.3 Å². The lowest BCUT2D eigenvalue weighted by atomic mass is 9.86. The first-order valence-electron chi connectivity index (χ1n) is 14.9. The number of amides is 1. The predicted molar refractivity (Wildman–Crippen MR) is 174 cm³/mol. The maximum atomic E-state index is 13.1. The Morgan fingerprint density at radius 2 is 1.67 bits per heavy atom. The van der Waals surface area contributed by atoms with Gasteiger partial charge in [0, 0.05) is 61.1 Å². The molecule has 0 unspecified atom stereocenters. The molecule has 43 heavy (non-hydrogen) atoms.